The number of nitrogens with zero attached hydrogens (tertiary/aromatic N) is 1. The molecular formula is C23H21F3N2O3. The predicted octanol–water partition coefficient (Wildman–Crippen LogP) is 6.29. The monoisotopic (exact) mass is 430 g/mol. The summed E-state index contributed by atoms with van der Waals surface area (Å²) < 4.78 is 46.7. The molecule has 1 N–H and O–H groups in total. The van der Waals surface area contributed by atoms with Gasteiger partial charge in [-0.25, -0.2) is 0 Å². The highest BCUT2D eigenvalue weighted by molar-refractivity contribution is 6.05. The maximum absolute atomic E-state index is 12.6. The van der Waals surface area contributed by atoms with Crippen LogP contribution in [0.3, 0.4) is 0 Å². The van der Waals surface area contributed by atoms with Crippen molar-refractivity contribution in [2.75, 3.05) is 5.32 Å². The van der Waals surface area contributed by atoms with Gasteiger partial charge in [0.05, 0.1) is 11.3 Å². The highest BCUT2D eigenvalue weighted by atomic mass is 19.4. The lowest BCUT2D eigenvalue weighted by Gasteiger charge is -2.12. The van der Waals surface area contributed by atoms with Crippen molar-refractivity contribution >= 4 is 11.6 Å². The fourth-order valence-electron chi connectivity index (χ4n) is 2.96. The van der Waals surface area contributed by atoms with Crippen LogP contribution >= 0.6 is 0 Å². The number of anilines is 1. The van der Waals surface area contributed by atoms with Crippen LogP contribution in [0.4, 0.5) is 18.9 Å². The summed E-state index contributed by atoms with van der Waals surface area (Å²) in [5, 5.41) is 2.79. The molecule has 0 bridgehead atoms. The standard InChI is InChI=1S/C23H21F3N2O3/c1-3-6-16-11-12-21(15(2)27-16)22(29)28-17-7-4-8-18(13-17)30-19-9-5-10-20(14-19)31-23(24,25)26/h4-5,7-14H,3,6H2,1-2H3,(H,28,29). The lowest BCUT2D eigenvalue weighted by atomic mass is 10.1. The van der Waals surface area contributed by atoms with E-state index in [0.29, 0.717) is 22.7 Å². The van der Waals surface area contributed by atoms with Crippen LogP contribution in [-0.2, 0) is 6.42 Å². The van der Waals surface area contributed by atoms with E-state index >= 15 is 0 Å². The van der Waals surface area contributed by atoms with Gasteiger partial charge in [0.1, 0.15) is 17.2 Å². The molecular weight excluding hydrogens is 409 g/mol. The maximum Gasteiger partial charge on any atom is 0.573 e. The number of amides is 1. The highest BCUT2D eigenvalue weighted by Crippen LogP contribution is 2.30. The van der Waals surface area contributed by atoms with E-state index in [1.165, 1.54) is 18.2 Å². The number of nitrogens with one attached hydrogen (secondary N) is 1. The van der Waals surface area contributed by atoms with Gasteiger partial charge in [0.2, 0.25) is 0 Å². The predicted molar refractivity (Wildman–Crippen MR) is 111 cm³/mol. The fourth-order valence-corrected chi connectivity index (χ4v) is 2.96. The van der Waals surface area contributed by atoms with Crippen molar-refractivity contribution in [1.29, 1.82) is 0 Å². The van der Waals surface area contributed by atoms with E-state index in [2.05, 4.69) is 22.0 Å². The number of carbonyl (C=O) groups is 1. The average molecular weight is 430 g/mol. The molecule has 0 radical (unpaired) electrons. The number of aryl methyl sites for hydroxylation is 2. The zero-order chi connectivity index (χ0) is 22.4. The molecule has 0 fully saturated rings. The number of aromatic nitrogens is 1. The number of hydrogen-bond donors (Lipinski definition) is 1. The summed E-state index contributed by atoms with van der Waals surface area (Å²) in [5.74, 6) is -0.193. The molecule has 5 nitrogen and oxygen atoms in total. The van der Waals surface area contributed by atoms with Gasteiger partial charge in [0.25, 0.3) is 5.91 Å². The molecule has 0 saturated heterocycles. The molecule has 0 saturated carbocycles. The summed E-state index contributed by atoms with van der Waals surface area (Å²) in [6.45, 7) is 3.84. The molecule has 0 spiro atoms. The SMILES string of the molecule is CCCc1ccc(C(=O)Nc2cccc(Oc3cccc(OC(F)(F)F)c3)c2)c(C)n1. The van der Waals surface area contributed by atoms with Crippen LogP contribution in [0.1, 0.15) is 35.1 Å². The molecule has 0 atom stereocenters. The Balaban J connectivity index is 1.71. The number of rotatable bonds is 7. The van der Waals surface area contributed by atoms with Gasteiger partial charge >= 0.3 is 6.36 Å². The third-order valence-electron chi connectivity index (χ3n) is 4.26. The first kappa shape index (κ1) is 22.1. The number of hydrogen-bond acceptors (Lipinski definition) is 4. The normalized spacial score (nSPS) is 11.1. The van der Waals surface area contributed by atoms with Crippen LogP contribution in [0.15, 0.2) is 60.7 Å². The van der Waals surface area contributed by atoms with Crippen molar-refractivity contribution in [3.8, 4) is 17.2 Å². The van der Waals surface area contributed by atoms with Gasteiger partial charge in [0, 0.05) is 23.5 Å². The highest BCUT2D eigenvalue weighted by Gasteiger charge is 2.31. The van der Waals surface area contributed by atoms with E-state index in [4.69, 9.17) is 4.74 Å². The summed E-state index contributed by atoms with van der Waals surface area (Å²) in [4.78, 5) is 17.1. The van der Waals surface area contributed by atoms with E-state index < -0.39 is 6.36 Å². The van der Waals surface area contributed by atoms with Gasteiger partial charge in [0.15, 0.2) is 0 Å². The third kappa shape index (κ3) is 6.47. The molecule has 3 rings (SSSR count). The van der Waals surface area contributed by atoms with Crippen LogP contribution in [0.25, 0.3) is 0 Å². The zero-order valence-corrected chi connectivity index (χ0v) is 17.0. The number of carbonyl (C=O) groups excluding carboxylic acids is 1. The Bertz CT molecular complexity index is 1070. The number of ether oxygens (including phenoxy) is 2. The first-order chi connectivity index (χ1) is 14.7. The van der Waals surface area contributed by atoms with Crippen LogP contribution in [-0.4, -0.2) is 17.3 Å². The summed E-state index contributed by atoms with van der Waals surface area (Å²) in [6.07, 6.45) is -2.97. The topological polar surface area (TPSA) is 60.5 Å². The van der Waals surface area contributed by atoms with Crippen LogP contribution < -0.4 is 14.8 Å². The molecule has 0 aliphatic rings. The number of alkyl halides is 3. The molecule has 1 amide bonds. The minimum Gasteiger partial charge on any atom is -0.457 e. The van der Waals surface area contributed by atoms with E-state index in [9.17, 15) is 18.0 Å². The Morgan fingerprint density at radius 1 is 1.00 bits per heavy atom. The molecule has 0 aliphatic heterocycles. The summed E-state index contributed by atoms with van der Waals surface area (Å²) in [6, 6.07) is 15.3. The molecule has 1 heterocycles. The Kier molecular flexibility index (Phi) is 6.79. The minimum atomic E-state index is -4.79. The second kappa shape index (κ2) is 9.51. The lowest BCUT2D eigenvalue weighted by Crippen LogP contribution is -2.17. The summed E-state index contributed by atoms with van der Waals surface area (Å²) >= 11 is 0. The van der Waals surface area contributed by atoms with E-state index in [1.54, 1.807) is 37.3 Å². The minimum absolute atomic E-state index is 0.164. The van der Waals surface area contributed by atoms with Crippen molar-refractivity contribution in [2.45, 2.75) is 33.1 Å². The Morgan fingerprint density at radius 2 is 1.68 bits per heavy atom. The number of benzene rings is 2. The first-order valence-electron chi connectivity index (χ1n) is 9.65. The van der Waals surface area contributed by atoms with Crippen molar-refractivity contribution < 1.29 is 27.4 Å². The van der Waals surface area contributed by atoms with Gasteiger partial charge in [-0.15, -0.1) is 13.2 Å². The van der Waals surface area contributed by atoms with E-state index in [0.717, 1.165) is 24.6 Å². The van der Waals surface area contributed by atoms with Crippen LogP contribution in [0.5, 0.6) is 17.2 Å². The average Bonchev–Trinajstić information content (AvgIpc) is 2.67. The van der Waals surface area contributed by atoms with Gasteiger partial charge in [-0.1, -0.05) is 25.5 Å². The molecule has 162 valence electrons. The second-order valence-electron chi connectivity index (χ2n) is 6.79. The van der Waals surface area contributed by atoms with Crippen molar-refractivity contribution in [3.05, 3.63) is 77.6 Å². The molecule has 0 aliphatic carbocycles. The molecule has 1 aromatic heterocycles. The van der Waals surface area contributed by atoms with Crippen molar-refractivity contribution in [2.24, 2.45) is 0 Å². The van der Waals surface area contributed by atoms with Gasteiger partial charge in [-0.2, -0.15) is 0 Å². The molecule has 2 aromatic carbocycles. The Labute approximate surface area is 177 Å². The lowest BCUT2D eigenvalue weighted by molar-refractivity contribution is -0.274. The Hall–Kier alpha value is -3.55. The van der Waals surface area contributed by atoms with E-state index in [-0.39, 0.29) is 17.4 Å². The first-order valence-corrected chi connectivity index (χ1v) is 9.65. The third-order valence-corrected chi connectivity index (χ3v) is 4.26. The van der Waals surface area contributed by atoms with E-state index in [1.807, 2.05) is 6.07 Å². The Morgan fingerprint density at radius 3 is 2.35 bits per heavy atom. The van der Waals surface area contributed by atoms with Gasteiger partial charge in [-0.05, 0) is 49.7 Å². The fraction of sp³-hybridized carbons (Fsp3) is 0.217. The zero-order valence-electron chi connectivity index (χ0n) is 17.0. The largest absolute Gasteiger partial charge is 0.573 e. The maximum atomic E-state index is 12.6. The van der Waals surface area contributed by atoms with Gasteiger partial charge in [-0.3, -0.25) is 9.78 Å². The number of pyridine rings is 1. The summed E-state index contributed by atoms with van der Waals surface area (Å²) in [7, 11) is 0. The van der Waals surface area contributed by atoms with Crippen LogP contribution in [0, 0.1) is 6.92 Å². The summed E-state index contributed by atoms with van der Waals surface area (Å²) in [5.41, 5.74) is 2.51. The number of halogens is 3. The molecule has 31 heavy (non-hydrogen) atoms. The quantitative estimate of drug-likeness (QED) is 0.479. The molecule has 0 unspecified atom stereocenters. The smallest absolute Gasteiger partial charge is 0.457 e. The van der Waals surface area contributed by atoms with Crippen molar-refractivity contribution in [1.82, 2.24) is 4.98 Å². The van der Waals surface area contributed by atoms with Crippen molar-refractivity contribution in [3.63, 3.8) is 0 Å². The second-order valence-corrected chi connectivity index (χ2v) is 6.79. The molecule has 8 heteroatoms. The van der Waals surface area contributed by atoms with Crippen LogP contribution in [0.2, 0.25) is 0 Å². The van der Waals surface area contributed by atoms with Gasteiger partial charge < -0.3 is 14.8 Å². The molecule has 3 aromatic rings.